The Hall–Kier alpha value is -10.3. The fraction of sp³-hybridized carbons (Fsp3) is 0.321. The summed E-state index contributed by atoms with van der Waals surface area (Å²) in [4.78, 5) is 107. The molecule has 0 unspecified atom stereocenters. The molecule has 6 aromatic carbocycles. The van der Waals surface area contributed by atoms with Crippen LogP contribution in [-0.2, 0) is 29.2 Å². The van der Waals surface area contributed by atoms with E-state index in [9.17, 15) is 55.3 Å². The number of aromatic nitrogens is 3. The van der Waals surface area contributed by atoms with E-state index >= 15 is 0 Å². The third-order valence-corrected chi connectivity index (χ3v) is 24.0. The SMILES string of the molecule is CCN(CCO)c1ccc(N=Nc2nc(N3CCCCC3)c(C=C3C(=O)c4ccccc4C3=O)s2)cc1.CCN(CCOS(=O)(=O)O)c1ccc(N=Nc2nc(N3CCCCC3)c(C=C3C(=O)c4ccccc4C3=O)s2)cc1.CCN(CCOS(=O)(=O)[O-])c1ccc(N=Nc2nc(N3CCCCC3)c(C=C3C(=O)c4ccccc4C3=O)s2)cc1.[Na+]. The van der Waals surface area contributed by atoms with Crippen molar-refractivity contribution in [3.8, 4) is 0 Å². The summed E-state index contributed by atoms with van der Waals surface area (Å²) in [6.07, 6.45) is 14.7. The molecule has 6 aliphatic rings. The fourth-order valence-electron chi connectivity index (χ4n) is 14.5. The average molecular weight is 1730 g/mol. The van der Waals surface area contributed by atoms with Crippen LogP contribution in [0.4, 0.5) is 67.0 Å². The van der Waals surface area contributed by atoms with Crippen molar-refractivity contribution in [3.05, 3.63) is 210 Å². The molecule has 3 fully saturated rings. The van der Waals surface area contributed by atoms with Crippen molar-refractivity contribution in [2.45, 2.75) is 78.6 Å². The van der Waals surface area contributed by atoms with Gasteiger partial charge in [-0.15, -0.1) is 30.7 Å². The Morgan fingerprint density at radius 3 is 0.900 bits per heavy atom. The second-order valence-corrected chi connectivity index (χ2v) is 33.2. The van der Waals surface area contributed by atoms with Gasteiger partial charge in [0, 0.05) is 129 Å². The first-order chi connectivity index (χ1) is 57.5. The average Bonchev–Trinajstić information content (AvgIpc) is 1.63. The molecule has 0 bridgehead atoms. The minimum Gasteiger partial charge on any atom is -0.726 e. The molecule has 120 heavy (non-hydrogen) atoms. The first-order valence-electron chi connectivity index (χ1n) is 39.2. The number of aliphatic hydroxyl groups excluding tert-OH is 1. The first kappa shape index (κ1) is 89.0. The van der Waals surface area contributed by atoms with Gasteiger partial charge in [-0.1, -0.05) is 107 Å². The zero-order chi connectivity index (χ0) is 83.7. The number of allylic oxidation sites excluding steroid dienone is 3. The molecule has 3 aliphatic heterocycles. The van der Waals surface area contributed by atoms with Crippen molar-refractivity contribution in [2.75, 3.05) is 128 Å². The molecule has 0 saturated carbocycles. The second-order valence-electron chi connectivity index (χ2n) is 28.1. The third kappa shape index (κ3) is 22.3. The number of Topliss-reactive ketones (excluding diaryl/α,β-unsaturated/α-hetero) is 6. The van der Waals surface area contributed by atoms with Gasteiger partial charge in [0.1, 0.15) is 17.5 Å². The number of rotatable bonds is 28. The molecule has 3 saturated heterocycles. The van der Waals surface area contributed by atoms with Crippen LogP contribution < -0.4 is 59.0 Å². The summed E-state index contributed by atoms with van der Waals surface area (Å²) >= 11 is 3.88. The number of nitrogens with zero attached hydrogens (tertiary/aromatic N) is 15. The van der Waals surface area contributed by atoms with Gasteiger partial charge < -0.3 is 39.1 Å². The molecule has 6 heterocycles. The van der Waals surface area contributed by atoms with Gasteiger partial charge >= 0.3 is 40.0 Å². The Morgan fingerprint density at radius 2 is 0.658 bits per heavy atom. The first-order valence-corrected chi connectivity index (χ1v) is 44.3. The van der Waals surface area contributed by atoms with E-state index in [0.717, 1.165) is 125 Å². The van der Waals surface area contributed by atoms with Crippen molar-refractivity contribution in [1.82, 2.24) is 15.0 Å². The summed E-state index contributed by atoms with van der Waals surface area (Å²) < 4.78 is 71.1. The summed E-state index contributed by atoms with van der Waals surface area (Å²) in [5.41, 5.74) is 7.51. The molecule has 0 radical (unpaired) electrons. The fourth-order valence-corrected chi connectivity index (χ4v) is 17.6. The van der Waals surface area contributed by atoms with E-state index in [2.05, 4.69) is 58.7 Å². The Kier molecular flexibility index (Phi) is 30.7. The molecular weight excluding hydrogens is 1640 g/mol. The van der Waals surface area contributed by atoms with E-state index in [1.165, 1.54) is 40.4 Å². The number of fused-ring (bicyclic) bond motifs is 3. The van der Waals surface area contributed by atoms with Gasteiger partial charge in [0.15, 0.2) is 34.7 Å². The quantitative estimate of drug-likeness (QED) is 0.0115. The molecule has 15 rings (SSSR count). The van der Waals surface area contributed by atoms with Crippen LogP contribution in [0.5, 0.6) is 0 Å². The Balaban J connectivity index is 0.000000165. The van der Waals surface area contributed by atoms with Crippen LogP contribution >= 0.6 is 34.0 Å². The second kappa shape index (κ2) is 41.3. The van der Waals surface area contributed by atoms with Crippen LogP contribution in [0.25, 0.3) is 18.2 Å². The number of likely N-dealkylation sites (N-methyl/N-ethyl adjacent to an activating group) is 3. The van der Waals surface area contributed by atoms with E-state index in [1.807, 2.05) is 79.1 Å². The molecular formula is C84H86N15NaO15S5. The van der Waals surface area contributed by atoms with Gasteiger partial charge in [0.05, 0.1) is 68.2 Å². The van der Waals surface area contributed by atoms with E-state index in [0.29, 0.717) is 107 Å². The monoisotopic (exact) mass is 1730 g/mol. The third-order valence-electron chi connectivity index (χ3n) is 20.5. The zero-order valence-corrected chi connectivity index (χ0v) is 72.6. The summed E-state index contributed by atoms with van der Waals surface area (Å²) in [6.45, 7) is 13.7. The van der Waals surface area contributed by atoms with Crippen molar-refractivity contribution in [3.63, 3.8) is 0 Å². The molecule has 3 aromatic heterocycles. The number of piperidine rings is 3. The van der Waals surface area contributed by atoms with Gasteiger partial charge in [-0.25, -0.2) is 12.6 Å². The van der Waals surface area contributed by atoms with Gasteiger partial charge in [0.25, 0.3) is 0 Å². The summed E-state index contributed by atoms with van der Waals surface area (Å²) in [5, 5.41) is 36.7. The molecule has 0 atom stereocenters. The summed E-state index contributed by atoms with van der Waals surface area (Å²) in [5.74, 6) is 0.533. The standard InChI is InChI=1S/2C28H29N5O6S2.C28H29N5O3S.Na/c2*1-2-32(16-17-39-41(36,37)38)20-12-10-19(11-13-20)30-31-28-29-27(33-14-6-3-7-15-33)24(40-28)18-23-25(34)21-8-4-5-9-22(21)26(23)35;1-2-32(16-17-34)20-12-10-19(11-13-20)30-31-28-29-27(33-14-6-3-7-15-33)24(37-28)18-23-25(35)21-8-4-5-9-22(21)26(23)36;/h2*4-5,8-13,18H,2-3,6-7,14-17H2,1H3,(H,36,37,38);4-5,8-13,18,34H,2-3,6-7,14-17H2,1H3;/q;;;+1/p-1. The van der Waals surface area contributed by atoms with E-state index in [4.69, 9.17) is 19.5 Å². The van der Waals surface area contributed by atoms with Crippen LogP contribution in [0.15, 0.2) is 193 Å². The van der Waals surface area contributed by atoms with E-state index in [-0.39, 0.29) is 114 Å². The van der Waals surface area contributed by atoms with Crippen molar-refractivity contribution in [1.29, 1.82) is 0 Å². The maximum atomic E-state index is 13.0. The molecule has 36 heteroatoms. The Morgan fingerprint density at radius 1 is 0.400 bits per heavy atom. The summed E-state index contributed by atoms with van der Waals surface area (Å²) in [7, 11) is -9.22. The van der Waals surface area contributed by atoms with E-state index < -0.39 is 20.8 Å². The molecule has 30 nitrogen and oxygen atoms in total. The van der Waals surface area contributed by atoms with Crippen LogP contribution in [0.2, 0.25) is 0 Å². The maximum Gasteiger partial charge on any atom is 1.00 e. The van der Waals surface area contributed by atoms with Crippen molar-refractivity contribution in [2.24, 2.45) is 30.7 Å². The number of aliphatic hydroxyl groups is 1. The largest absolute Gasteiger partial charge is 1.00 e. The van der Waals surface area contributed by atoms with Crippen LogP contribution in [-0.4, -0.2) is 179 Å². The minimum atomic E-state index is -4.73. The number of carbonyl (C=O) groups excluding carboxylic acids is 6. The van der Waals surface area contributed by atoms with Crippen molar-refractivity contribution >= 4 is 175 Å². The van der Waals surface area contributed by atoms with Gasteiger partial charge in [-0.2, -0.15) is 23.4 Å². The number of ketones is 6. The van der Waals surface area contributed by atoms with Crippen LogP contribution in [0.1, 0.15) is 155 Å². The molecule has 9 aromatic rings. The number of carbonyl (C=O) groups is 6. The molecule has 0 amide bonds. The number of hydrogen-bond donors (Lipinski definition) is 2. The molecule has 3 aliphatic carbocycles. The topological polar surface area (TPSA) is 385 Å². The number of anilines is 6. The van der Waals surface area contributed by atoms with E-state index in [1.54, 1.807) is 115 Å². The van der Waals surface area contributed by atoms with Gasteiger partial charge in [-0.3, -0.25) is 37.5 Å². The van der Waals surface area contributed by atoms with Gasteiger partial charge in [-0.05, 0) is 170 Å². The smallest absolute Gasteiger partial charge is 0.726 e. The Bertz CT molecular complexity index is 5330. The maximum absolute atomic E-state index is 13.0. The number of thiazole rings is 3. The van der Waals surface area contributed by atoms with Crippen molar-refractivity contribution < 1.29 is 97.7 Å². The summed E-state index contributed by atoms with van der Waals surface area (Å²) in [6, 6.07) is 42.7. The van der Waals surface area contributed by atoms with Crippen LogP contribution in [0.3, 0.4) is 0 Å². The number of benzene rings is 6. The van der Waals surface area contributed by atoms with Gasteiger partial charge in [0.2, 0.25) is 25.8 Å². The zero-order valence-electron chi connectivity index (χ0n) is 66.5. The predicted octanol–water partition coefficient (Wildman–Crippen LogP) is 13.8. The predicted molar refractivity (Wildman–Crippen MR) is 460 cm³/mol. The minimum absolute atomic E-state index is 0. The molecule has 2 N–H and O–H groups in total. The molecule has 618 valence electrons. The number of hydrogen-bond acceptors (Lipinski definition) is 32. The normalized spacial score (nSPS) is 15.4. The molecule has 0 spiro atoms. The Labute approximate surface area is 729 Å². The number of azo groups is 3. The van der Waals surface area contributed by atoms with Crippen LogP contribution in [0, 0.1) is 0 Å².